The predicted molar refractivity (Wildman–Crippen MR) is 76.1 cm³/mol. The molecule has 0 spiro atoms. The van der Waals surface area contributed by atoms with Crippen LogP contribution < -0.4 is 5.73 Å². The zero-order chi connectivity index (χ0) is 13.9. The number of fused-ring (bicyclic) bond motifs is 1. The van der Waals surface area contributed by atoms with Crippen LogP contribution in [-0.2, 0) is 13.6 Å². The van der Waals surface area contributed by atoms with Crippen LogP contribution in [-0.4, -0.2) is 40.0 Å². The van der Waals surface area contributed by atoms with E-state index in [1.54, 1.807) is 24.4 Å². The van der Waals surface area contributed by atoms with Gasteiger partial charge in [-0.05, 0) is 6.42 Å². The molecule has 8 nitrogen and oxygen atoms in total. The molecule has 0 radical (unpaired) electrons. The molecule has 0 amide bonds. The lowest BCUT2D eigenvalue weighted by Gasteiger charge is -2.03. The molecule has 0 aliphatic carbocycles. The average molecular weight is 290 g/mol. The Bertz CT molecular complexity index is 718. The van der Waals surface area contributed by atoms with Crippen LogP contribution in [0.4, 0.5) is 5.82 Å². The van der Waals surface area contributed by atoms with Crippen LogP contribution in [0.2, 0.25) is 0 Å². The second kappa shape index (κ2) is 5.45. The minimum absolute atomic E-state index is 0.419. The summed E-state index contributed by atoms with van der Waals surface area (Å²) >= 11 is 1.68. The minimum atomic E-state index is 0.419. The highest BCUT2D eigenvalue weighted by Gasteiger charge is 2.07. The number of nitrogen functional groups attached to an aromatic ring is 1. The van der Waals surface area contributed by atoms with Gasteiger partial charge >= 0.3 is 0 Å². The third-order valence-electron chi connectivity index (χ3n) is 2.87. The van der Waals surface area contributed by atoms with Gasteiger partial charge in [0, 0.05) is 19.3 Å². The number of hydrogen-bond acceptors (Lipinski definition) is 7. The molecular weight excluding hydrogens is 276 g/mol. The first-order valence-electron chi connectivity index (χ1n) is 6.14. The zero-order valence-corrected chi connectivity index (χ0v) is 11.8. The summed E-state index contributed by atoms with van der Waals surface area (Å²) in [6.07, 6.45) is 5.89. The lowest BCUT2D eigenvalue weighted by Crippen LogP contribution is -2.00. The number of imidazole rings is 1. The van der Waals surface area contributed by atoms with Gasteiger partial charge in [-0.3, -0.25) is 0 Å². The summed E-state index contributed by atoms with van der Waals surface area (Å²) in [4.78, 5) is 12.4. The Morgan fingerprint density at radius 2 is 2.15 bits per heavy atom. The van der Waals surface area contributed by atoms with Crippen molar-refractivity contribution in [2.75, 3.05) is 11.5 Å². The molecule has 3 aromatic rings. The zero-order valence-electron chi connectivity index (χ0n) is 11.0. The Morgan fingerprint density at radius 3 is 2.95 bits per heavy atom. The summed E-state index contributed by atoms with van der Waals surface area (Å²) in [6, 6.07) is 0. The number of nitrogens with two attached hydrogens (primary N) is 1. The molecule has 9 heteroatoms. The monoisotopic (exact) mass is 290 g/mol. The Balaban J connectivity index is 1.60. The van der Waals surface area contributed by atoms with Crippen molar-refractivity contribution in [1.29, 1.82) is 0 Å². The standard InChI is InChI=1S/C11H14N8S/c1-18-7-16-17-11(18)20-4-2-3-19-6-15-8-9(12)13-5-14-10(8)19/h5-7H,2-4H2,1H3,(H2,12,13,14). The quantitative estimate of drug-likeness (QED) is 0.545. The molecule has 104 valence electrons. The molecule has 3 aromatic heterocycles. The Kier molecular flexibility index (Phi) is 3.50. The van der Waals surface area contributed by atoms with Crippen LogP contribution in [0.15, 0.2) is 24.1 Å². The first kappa shape index (κ1) is 12.9. The highest BCUT2D eigenvalue weighted by molar-refractivity contribution is 7.99. The van der Waals surface area contributed by atoms with Crippen molar-refractivity contribution >= 4 is 28.7 Å². The fraction of sp³-hybridized carbons (Fsp3) is 0.364. The van der Waals surface area contributed by atoms with Gasteiger partial charge in [-0.15, -0.1) is 10.2 Å². The van der Waals surface area contributed by atoms with E-state index in [-0.39, 0.29) is 0 Å². The summed E-state index contributed by atoms with van der Waals surface area (Å²) < 4.78 is 3.90. The lowest BCUT2D eigenvalue weighted by molar-refractivity contribution is 0.694. The largest absolute Gasteiger partial charge is 0.382 e. The molecule has 3 rings (SSSR count). The Morgan fingerprint density at radius 1 is 1.25 bits per heavy atom. The van der Waals surface area contributed by atoms with E-state index >= 15 is 0 Å². The molecule has 0 fully saturated rings. The van der Waals surface area contributed by atoms with Gasteiger partial charge in [0.25, 0.3) is 0 Å². The van der Waals surface area contributed by atoms with Crippen LogP contribution in [0, 0.1) is 0 Å². The van der Waals surface area contributed by atoms with Gasteiger partial charge in [0.15, 0.2) is 16.6 Å². The van der Waals surface area contributed by atoms with E-state index in [0.29, 0.717) is 11.3 Å². The van der Waals surface area contributed by atoms with Crippen LogP contribution in [0.5, 0.6) is 0 Å². The van der Waals surface area contributed by atoms with Gasteiger partial charge in [-0.2, -0.15) is 0 Å². The fourth-order valence-electron chi connectivity index (χ4n) is 1.86. The summed E-state index contributed by atoms with van der Waals surface area (Å²) in [5.41, 5.74) is 7.20. The maximum atomic E-state index is 5.76. The highest BCUT2D eigenvalue weighted by Crippen LogP contribution is 2.17. The lowest BCUT2D eigenvalue weighted by atomic mass is 10.4. The van der Waals surface area contributed by atoms with Crippen molar-refractivity contribution in [3.8, 4) is 0 Å². The normalized spacial score (nSPS) is 11.2. The van der Waals surface area contributed by atoms with E-state index in [1.165, 1.54) is 6.33 Å². The summed E-state index contributed by atoms with van der Waals surface area (Å²) in [5, 5.41) is 8.80. The summed E-state index contributed by atoms with van der Waals surface area (Å²) in [7, 11) is 1.94. The van der Waals surface area contributed by atoms with Gasteiger partial charge in [0.1, 0.15) is 18.2 Å². The fourth-order valence-corrected chi connectivity index (χ4v) is 2.68. The number of aromatic nitrogens is 7. The van der Waals surface area contributed by atoms with Crippen molar-refractivity contribution < 1.29 is 0 Å². The van der Waals surface area contributed by atoms with Crippen molar-refractivity contribution in [1.82, 2.24) is 34.3 Å². The van der Waals surface area contributed by atoms with E-state index in [4.69, 9.17) is 5.73 Å². The van der Waals surface area contributed by atoms with Crippen molar-refractivity contribution in [3.05, 3.63) is 19.0 Å². The van der Waals surface area contributed by atoms with Gasteiger partial charge in [-0.25, -0.2) is 15.0 Å². The number of thioether (sulfide) groups is 1. The number of aryl methyl sites for hydroxylation is 2. The first-order chi connectivity index (χ1) is 9.75. The maximum Gasteiger partial charge on any atom is 0.190 e. The van der Waals surface area contributed by atoms with E-state index in [0.717, 1.165) is 29.5 Å². The molecular formula is C11H14N8S. The van der Waals surface area contributed by atoms with Crippen LogP contribution in [0.25, 0.3) is 11.2 Å². The van der Waals surface area contributed by atoms with Gasteiger partial charge in [0.05, 0.1) is 6.33 Å². The molecule has 3 heterocycles. The number of nitrogens with zero attached hydrogens (tertiary/aromatic N) is 7. The second-order valence-electron chi connectivity index (χ2n) is 4.30. The number of hydrogen-bond donors (Lipinski definition) is 1. The topological polar surface area (TPSA) is 100 Å². The third-order valence-corrected chi connectivity index (χ3v) is 3.99. The number of rotatable bonds is 5. The molecule has 0 saturated heterocycles. The van der Waals surface area contributed by atoms with Crippen LogP contribution in [0.3, 0.4) is 0 Å². The Labute approximate surface area is 119 Å². The van der Waals surface area contributed by atoms with Crippen molar-refractivity contribution in [2.45, 2.75) is 18.1 Å². The third kappa shape index (κ3) is 2.44. The summed E-state index contributed by atoms with van der Waals surface area (Å²) in [5.74, 6) is 1.37. The highest BCUT2D eigenvalue weighted by atomic mass is 32.2. The molecule has 0 bridgehead atoms. The molecule has 0 unspecified atom stereocenters. The smallest absolute Gasteiger partial charge is 0.190 e. The van der Waals surface area contributed by atoms with Gasteiger partial charge in [0.2, 0.25) is 0 Å². The van der Waals surface area contributed by atoms with Crippen molar-refractivity contribution in [2.24, 2.45) is 7.05 Å². The van der Waals surface area contributed by atoms with E-state index in [1.807, 2.05) is 16.2 Å². The molecule has 0 atom stereocenters. The van der Waals surface area contributed by atoms with Crippen LogP contribution in [0.1, 0.15) is 6.42 Å². The molecule has 0 aliphatic heterocycles. The first-order valence-corrected chi connectivity index (χ1v) is 7.12. The number of anilines is 1. The second-order valence-corrected chi connectivity index (χ2v) is 5.36. The molecule has 0 saturated carbocycles. The van der Waals surface area contributed by atoms with E-state index in [9.17, 15) is 0 Å². The average Bonchev–Trinajstić information content (AvgIpc) is 3.03. The summed E-state index contributed by atoms with van der Waals surface area (Å²) in [6.45, 7) is 0.831. The SMILES string of the molecule is Cn1cnnc1SCCCn1cnc2c(N)ncnc21. The molecule has 2 N–H and O–H groups in total. The van der Waals surface area contributed by atoms with Gasteiger partial charge in [-0.1, -0.05) is 11.8 Å². The molecule has 20 heavy (non-hydrogen) atoms. The van der Waals surface area contributed by atoms with E-state index in [2.05, 4.69) is 25.1 Å². The Hall–Kier alpha value is -2.16. The minimum Gasteiger partial charge on any atom is -0.382 e. The molecule has 0 aromatic carbocycles. The molecule has 0 aliphatic rings. The van der Waals surface area contributed by atoms with Gasteiger partial charge < -0.3 is 14.9 Å². The van der Waals surface area contributed by atoms with Crippen molar-refractivity contribution in [3.63, 3.8) is 0 Å². The predicted octanol–water partition coefficient (Wildman–Crippen LogP) is 0.719. The maximum absolute atomic E-state index is 5.76. The van der Waals surface area contributed by atoms with E-state index < -0.39 is 0 Å². The van der Waals surface area contributed by atoms with Crippen LogP contribution >= 0.6 is 11.8 Å².